The molecular weight excluding hydrogens is 707 g/mol. The fourth-order valence-corrected chi connectivity index (χ4v) is 9.65. The highest BCUT2D eigenvalue weighted by Gasteiger charge is 2.46. The lowest BCUT2D eigenvalue weighted by atomic mass is 9.67. The predicted octanol–water partition coefficient (Wildman–Crippen LogP) is 15.0. The molecule has 1 aliphatic carbocycles. The molecule has 0 N–H and O–H groups in total. The van der Waals surface area contributed by atoms with Gasteiger partial charge in [-0.3, -0.25) is 0 Å². The van der Waals surface area contributed by atoms with Gasteiger partial charge in [0.05, 0.1) is 16.5 Å². The van der Waals surface area contributed by atoms with Gasteiger partial charge in [0.2, 0.25) is 0 Å². The second-order valence-electron chi connectivity index (χ2n) is 15.2. The van der Waals surface area contributed by atoms with Crippen LogP contribution in [0.3, 0.4) is 0 Å². The Hall–Kier alpha value is -7.62. The number of anilines is 3. The summed E-state index contributed by atoms with van der Waals surface area (Å²) in [4.78, 5) is 2.33. The van der Waals surface area contributed by atoms with Crippen molar-refractivity contribution in [2.75, 3.05) is 4.90 Å². The minimum atomic E-state index is -0.569. The molecule has 0 aliphatic heterocycles. The second kappa shape index (κ2) is 12.7. The summed E-state index contributed by atoms with van der Waals surface area (Å²) in [6.07, 6.45) is 0. The third-order valence-corrected chi connectivity index (χ3v) is 12.2. The van der Waals surface area contributed by atoms with Crippen LogP contribution in [0.4, 0.5) is 17.1 Å². The second-order valence-corrected chi connectivity index (χ2v) is 15.2. The van der Waals surface area contributed by atoms with Gasteiger partial charge in [0.15, 0.2) is 0 Å². The molecule has 12 rings (SSSR count). The zero-order chi connectivity index (χ0) is 38.2. The first kappa shape index (κ1) is 32.6. The summed E-state index contributed by atoms with van der Waals surface area (Å²) in [6.45, 7) is 0. The first-order chi connectivity index (χ1) is 28.8. The van der Waals surface area contributed by atoms with Gasteiger partial charge in [-0.15, -0.1) is 0 Å². The lowest BCUT2D eigenvalue weighted by molar-refractivity contribution is 0.668. The summed E-state index contributed by atoms with van der Waals surface area (Å²) in [6, 6.07) is 76.2. The van der Waals surface area contributed by atoms with Crippen molar-refractivity contribution in [2.45, 2.75) is 5.41 Å². The van der Waals surface area contributed by atoms with E-state index < -0.39 is 5.41 Å². The molecule has 3 heteroatoms. The molecule has 0 fully saturated rings. The van der Waals surface area contributed by atoms with Crippen LogP contribution in [0.1, 0.15) is 22.3 Å². The van der Waals surface area contributed by atoms with Gasteiger partial charge in [-0.05, 0) is 99.1 Å². The largest absolute Gasteiger partial charge is 0.456 e. The Bertz CT molecular complexity index is 3290. The van der Waals surface area contributed by atoms with Crippen molar-refractivity contribution in [3.8, 4) is 22.3 Å². The molecule has 11 aromatic rings. The van der Waals surface area contributed by atoms with E-state index in [2.05, 4.69) is 205 Å². The van der Waals surface area contributed by atoms with E-state index in [0.717, 1.165) is 60.9 Å². The molecule has 58 heavy (non-hydrogen) atoms. The third-order valence-electron chi connectivity index (χ3n) is 12.2. The lowest BCUT2D eigenvalue weighted by Crippen LogP contribution is -2.28. The van der Waals surface area contributed by atoms with Crippen molar-refractivity contribution in [2.24, 2.45) is 0 Å². The summed E-state index contributed by atoms with van der Waals surface area (Å²) in [5, 5.41) is 4.34. The molecular formula is C55H35NO2. The summed E-state index contributed by atoms with van der Waals surface area (Å²) in [5.74, 6) is 0. The zero-order valence-electron chi connectivity index (χ0n) is 31.5. The molecule has 0 unspecified atom stereocenters. The SMILES string of the molecule is c1ccc(-c2ccc(C3(c4ccc5oc6cccc(N(c7ccccc7)c7ccc8c(c7)oc7ccccc78)c6c5c4)c4ccccc4-c4ccccc43)cc2)cc1. The Kier molecular flexibility index (Phi) is 7.14. The van der Waals surface area contributed by atoms with Crippen molar-refractivity contribution in [3.63, 3.8) is 0 Å². The molecule has 0 spiro atoms. The fraction of sp³-hybridized carbons (Fsp3) is 0.0182. The van der Waals surface area contributed by atoms with E-state index in [9.17, 15) is 0 Å². The highest BCUT2D eigenvalue weighted by Crippen LogP contribution is 2.57. The van der Waals surface area contributed by atoms with Gasteiger partial charge in [-0.1, -0.05) is 152 Å². The molecule has 0 atom stereocenters. The maximum Gasteiger partial charge on any atom is 0.137 e. The maximum absolute atomic E-state index is 6.74. The minimum absolute atomic E-state index is 0.569. The van der Waals surface area contributed by atoms with E-state index in [4.69, 9.17) is 8.83 Å². The number of benzene rings is 9. The van der Waals surface area contributed by atoms with E-state index in [1.165, 1.54) is 44.5 Å². The number of furan rings is 2. The average Bonchev–Trinajstić information content (AvgIpc) is 3.95. The van der Waals surface area contributed by atoms with Crippen LogP contribution in [0, 0.1) is 0 Å². The van der Waals surface area contributed by atoms with Gasteiger partial charge in [0.1, 0.15) is 22.3 Å². The Morgan fingerprint density at radius 2 is 0.931 bits per heavy atom. The number of para-hydroxylation sites is 2. The molecule has 1 aliphatic rings. The molecule has 0 amide bonds. The quantitative estimate of drug-likeness (QED) is 0.170. The number of hydrogen-bond donors (Lipinski definition) is 0. The van der Waals surface area contributed by atoms with E-state index in [1.807, 2.05) is 12.1 Å². The van der Waals surface area contributed by atoms with E-state index in [0.29, 0.717) is 0 Å². The first-order valence-corrected chi connectivity index (χ1v) is 19.8. The molecule has 0 saturated heterocycles. The molecule has 2 heterocycles. The van der Waals surface area contributed by atoms with Crippen LogP contribution in [0.2, 0.25) is 0 Å². The molecule has 0 saturated carbocycles. The monoisotopic (exact) mass is 741 g/mol. The van der Waals surface area contributed by atoms with Crippen LogP contribution in [0.25, 0.3) is 66.1 Å². The Morgan fingerprint density at radius 3 is 1.71 bits per heavy atom. The van der Waals surface area contributed by atoms with Crippen LogP contribution in [0.5, 0.6) is 0 Å². The van der Waals surface area contributed by atoms with Crippen LogP contribution >= 0.6 is 0 Å². The van der Waals surface area contributed by atoms with Crippen LogP contribution < -0.4 is 4.90 Å². The fourth-order valence-electron chi connectivity index (χ4n) is 9.65. The molecule has 9 aromatic carbocycles. The number of rotatable bonds is 6. The van der Waals surface area contributed by atoms with E-state index >= 15 is 0 Å². The Labute approximate surface area is 335 Å². The smallest absolute Gasteiger partial charge is 0.137 e. The lowest BCUT2D eigenvalue weighted by Gasteiger charge is -2.34. The van der Waals surface area contributed by atoms with E-state index in [-0.39, 0.29) is 0 Å². The predicted molar refractivity (Wildman–Crippen MR) is 238 cm³/mol. The van der Waals surface area contributed by atoms with Gasteiger partial charge < -0.3 is 13.7 Å². The summed E-state index contributed by atoms with van der Waals surface area (Å²) in [7, 11) is 0. The molecule has 2 aromatic heterocycles. The van der Waals surface area contributed by atoms with Gasteiger partial charge in [0, 0.05) is 33.6 Å². The van der Waals surface area contributed by atoms with Crippen molar-refractivity contribution in [3.05, 3.63) is 235 Å². The van der Waals surface area contributed by atoms with Gasteiger partial charge in [0.25, 0.3) is 0 Å². The molecule has 0 radical (unpaired) electrons. The van der Waals surface area contributed by atoms with Gasteiger partial charge >= 0.3 is 0 Å². The molecule has 3 nitrogen and oxygen atoms in total. The number of hydrogen-bond acceptors (Lipinski definition) is 3. The van der Waals surface area contributed by atoms with Crippen molar-refractivity contribution in [1.29, 1.82) is 0 Å². The normalized spacial score (nSPS) is 13.0. The zero-order valence-corrected chi connectivity index (χ0v) is 31.5. The van der Waals surface area contributed by atoms with Crippen LogP contribution in [0.15, 0.2) is 221 Å². The third kappa shape index (κ3) is 4.74. The van der Waals surface area contributed by atoms with Gasteiger partial charge in [-0.25, -0.2) is 0 Å². The summed E-state index contributed by atoms with van der Waals surface area (Å²) in [5.41, 5.74) is 15.8. The Morgan fingerprint density at radius 1 is 0.345 bits per heavy atom. The Balaban J connectivity index is 1.11. The highest BCUT2D eigenvalue weighted by molar-refractivity contribution is 6.14. The highest BCUT2D eigenvalue weighted by atomic mass is 16.3. The maximum atomic E-state index is 6.74. The van der Waals surface area contributed by atoms with E-state index in [1.54, 1.807) is 0 Å². The van der Waals surface area contributed by atoms with Crippen molar-refractivity contribution in [1.82, 2.24) is 0 Å². The van der Waals surface area contributed by atoms with Gasteiger partial charge in [-0.2, -0.15) is 0 Å². The topological polar surface area (TPSA) is 29.5 Å². The van der Waals surface area contributed by atoms with Crippen LogP contribution in [-0.2, 0) is 5.41 Å². The number of fused-ring (bicyclic) bond motifs is 9. The van der Waals surface area contributed by atoms with Crippen molar-refractivity contribution < 1.29 is 8.83 Å². The average molecular weight is 742 g/mol. The summed E-state index contributed by atoms with van der Waals surface area (Å²) >= 11 is 0. The summed E-state index contributed by atoms with van der Waals surface area (Å²) < 4.78 is 13.2. The molecule has 0 bridgehead atoms. The van der Waals surface area contributed by atoms with Crippen molar-refractivity contribution >= 4 is 60.9 Å². The molecule has 272 valence electrons. The first-order valence-electron chi connectivity index (χ1n) is 19.8. The number of nitrogens with zero attached hydrogens (tertiary/aromatic N) is 1. The standard InChI is InChI=1S/C55H35NO2/c1-3-14-36(15-4-1)37-26-28-38(29-27-37)55(47-21-10-7-18-42(47)43-19-8-11-22-48(43)55)39-30-33-51-46(34-39)54-49(23-13-25-52(54)57-51)56(40-16-5-2-6-17-40)41-31-32-45-44-20-9-12-24-50(44)58-53(45)35-41/h1-35H. The minimum Gasteiger partial charge on any atom is -0.456 e. The van der Waals surface area contributed by atoms with Crippen LogP contribution in [-0.4, -0.2) is 0 Å².